The summed E-state index contributed by atoms with van der Waals surface area (Å²) in [5, 5.41) is 8.64. The molecule has 0 aromatic carbocycles. The van der Waals surface area contributed by atoms with Gasteiger partial charge in [0.2, 0.25) is 0 Å². The van der Waals surface area contributed by atoms with E-state index >= 15 is 0 Å². The lowest BCUT2D eigenvalue weighted by Gasteiger charge is -1.98. The topological polar surface area (TPSA) is 33.1 Å². The van der Waals surface area contributed by atoms with Gasteiger partial charge in [0.25, 0.3) is 0 Å². The summed E-state index contributed by atoms with van der Waals surface area (Å²) in [4.78, 5) is 4.32. The molecule has 0 aliphatic heterocycles. The van der Waals surface area contributed by atoms with Crippen molar-refractivity contribution in [3.05, 3.63) is 23.9 Å². The Bertz CT molecular complexity index is 227. The fraction of sp³-hybridized carbons (Fsp3) is 0.375. The van der Waals surface area contributed by atoms with Crippen molar-refractivity contribution < 1.29 is 5.11 Å². The SMILES string of the molecule is CBc1cccc(CCO)n1. The molecule has 1 N–H and O–H groups in total. The monoisotopic (exact) mass is 149 g/mol. The van der Waals surface area contributed by atoms with Gasteiger partial charge in [0.15, 0.2) is 7.28 Å². The number of hydrogen-bond donors (Lipinski definition) is 1. The highest BCUT2D eigenvalue weighted by Gasteiger charge is 1.94. The third kappa shape index (κ3) is 2.35. The van der Waals surface area contributed by atoms with E-state index in [0.29, 0.717) is 6.42 Å². The van der Waals surface area contributed by atoms with Crippen molar-refractivity contribution in [1.82, 2.24) is 4.98 Å². The number of aliphatic hydroxyl groups is 1. The van der Waals surface area contributed by atoms with E-state index in [-0.39, 0.29) is 6.61 Å². The molecule has 0 spiro atoms. The number of pyridine rings is 1. The molecule has 0 amide bonds. The predicted molar refractivity (Wildman–Crippen MR) is 47.7 cm³/mol. The van der Waals surface area contributed by atoms with Crippen LogP contribution < -0.4 is 5.59 Å². The van der Waals surface area contributed by atoms with Crippen LogP contribution in [0.15, 0.2) is 18.2 Å². The molecular weight excluding hydrogens is 137 g/mol. The van der Waals surface area contributed by atoms with Crippen molar-refractivity contribution in [2.75, 3.05) is 6.61 Å². The van der Waals surface area contributed by atoms with E-state index in [1.54, 1.807) is 0 Å². The second-order valence-electron chi connectivity index (χ2n) is 2.45. The lowest BCUT2D eigenvalue weighted by atomic mass is 9.77. The van der Waals surface area contributed by atoms with Gasteiger partial charge in [-0.05, 0) is 11.7 Å². The first-order valence-electron chi connectivity index (χ1n) is 3.92. The first kappa shape index (κ1) is 8.27. The molecule has 0 bridgehead atoms. The highest BCUT2D eigenvalue weighted by Crippen LogP contribution is 1.91. The minimum atomic E-state index is 0.181. The van der Waals surface area contributed by atoms with Crippen molar-refractivity contribution in [2.45, 2.75) is 13.2 Å². The largest absolute Gasteiger partial charge is 0.396 e. The summed E-state index contributed by atoms with van der Waals surface area (Å²) in [5.41, 5.74) is 2.07. The van der Waals surface area contributed by atoms with Crippen LogP contribution in [0.1, 0.15) is 5.69 Å². The van der Waals surface area contributed by atoms with E-state index in [4.69, 9.17) is 5.11 Å². The predicted octanol–water partition coefficient (Wildman–Crippen LogP) is -0.274. The molecule has 1 aromatic rings. The summed E-state index contributed by atoms with van der Waals surface area (Å²) in [5.74, 6) is 0. The van der Waals surface area contributed by atoms with Gasteiger partial charge in [0.1, 0.15) is 0 Å². The maximum absolute atomic E-state index is 8.64. The molecule has 2 nitrogen and oxygen atoms in total. The minimum Gasteiger partial charge on any atom is -0.396 e. The molecule has 58 valence electrons. The van der Waals surface area contributed by atoms with E-state index in [0.717, 1.165) is 18.6 Å². The van der Waals surface area contributed by atoms with Gasteiger partial charge >= 0.3 is 0 Å². The lowest BCUT2D eigenvalue weighted by Crippen LogP contribution is -2.16. The van der Waals surface area contributed by atoms with Gasteiger partial charge in [-0.2, -0.15) is 0 Å². The van der Waals surface area contributed by atoms with Gasteiger partial charge in [-0.3, -0.25) is 4.98 Å². The smallest absolute Gasteiger partial charge is 0.179 e. The second-order valence-corrected chi connectivity index (χ2v) is 2.45. The van der Waals surface area contributed by atoms with Crippen molar-refractivity contribution >= 4 is 12.9 Å². The molecule has 0 saturated heterocycles. The van der Waals surface area contributed by atoms with Gasteiger partial charge in [0.05, 0.1) is 0 Å². The maximum Gasteiger partial charge on any atom is 0.179 e. The standard InChI is InChI=1S/C8H12BNO/c1-9-8-4-2-3-7(10-8)5-6-11/h2-4,9,11H,5-6H2,1H3. The maximum atomic E-state index is 8.64. The fourth-order valence-electron chi connectivity index (χ4n) is 0.980. The van der Waals surface area contributed by atoms with Gasteiger partial charge in [0, 0.05) is 18.7 Å². The molecule has 1 heterocycles. The van der Waals surface area contributed by atoms with Gasteiger partial charge in [-0.1, -0.05) is 19.0 Å². The molecule has 1 aromatic heterocycles. The molecule has 3 heteroatoms. The van der Waals surface area contributed by atoms with Crippen LogP contribution in [0.2, 0.25) is 6.82 Å². The first-order valence-corrected chi connectivity index (χ1v) is 3.92. The third-order valence-electron chi connectivity index (χ3n) is 1.59. The van der Waals surface area contributed by atoms with Gasteiger partial charge in [-0.15, -0.1) is 0 Å². The minimum absolute atomic E-state index is 0.181. The van der Waals surface area contributed by atoms with E-state index in [2.05, 4.69) is 11.8 Å². The average Bonchev–Trinajstić information content (AvgIpc) is 2.06. The van der Waals surface area contributed by atoms with Crippen LogP contribution in [-0.2, 0) is 6.42 Å². The Kier molecular flexibility index (Phi) is 3.11. The second kappa shape index (κ2) is 4.14. The Morgan fingerprint density at radius 1 is 1.55 bits per heavy atom. The molecular formula is C8H12BNO. The van der Waals surface area contributed by atoms with Gasteiger partial charge in [-0.25, -0.2) is 0 Å². The van der Waals surface area contributed by atoms with Crippen LogP contribution in [0.3, 0.4) is 0 Å². The molecule has 0 atom stereocenters. The highest BCUT2D eigenvalue weighted by atomic mass is 16.3. The van der Waals surface area contributed by atoms with Crippen molar-refractivity contribution in [1.29, 1.82) is 0 Å². The summed E-state index contributed by atoms with van der Waals surface area (Å²) < 4.78 is 0. The summed E-state index contributed by atoms with van der Waals surface area (Å²) in [6.45, 7) is 2.26. The molecule has 0 aliphatic rings. The summed E-state index contributed by atoms with van der Waals surface area (Å²) in [6, 6.07) is 5.92. The van der Waals surface area contributed by atoms with Crippen LogP contribution in [-0.4, -0.2) is 24.0 Å². The summed E-state index contributed by atoms with van der Waals surface area (Å²) >= 11 is 0. The van der Waals surface area contributed by atoms with E-state index in [1.807, 2.05) is 18.2 Å². The third-order valence-corrected chi connectivity index (χ3v) is 1.59. The van der Waals surface area contributed by atoms with E-state index < -0.39 is 0 Å². The molecule has 0 radical (unpaired) electrons. The van der Waals surface area contributed by atoms with Gasteiger partial charge < -0.3 is 5.11 Å². The Balaban J connectivity index is 2.74. The van der Waals surface area contributed by atoms with Crippen molar-refractivity contribution in [2.24, 2.45) is 0 Å². The molecule has 0 unspecified atom stereocenters. The van der Waals surface area contributed by atoms with E-state index in [9.17, 15) is 0 Å². The van der Waals surface area contributed by atoms with E-state index in [1.165, 1.54) is 0 Å². The zero-order valence-corrected chi connectivity index (χ0v) is 6.75. The summed E-state index contributed by atoms with van der Waals surface area (Å²) in [7, 11) is 0.958. The Hall–Kier alpha value is -0.825. The van der Waals surface area contributed by atoms with Crippen molar-refractivity contribution in [3.8, 4) is 0 Å². The fourth-order valence-corrected chi connectivity index (χ4v) is 0.980. The number of aromatic nitrogens is 1. The normalized spacial score (nSPS) is 9.64. The Morgan fingerprint density at radius 2 is 2.36 bits per heavy atom. The van der Waals surface area contributed by atoms with Crippen LogP contribution in [0, 0.1) is 0 Å². The van der Waals surface area contributed by atoms with Crippen LogP contribution in [0.25, 0.3) is 0 Å². The average molecular weight is 149 g/mol. The molecule has 0 aliphatic carbocycles. The van der Waals surface area contributed by atoms with Crippen LogP contribution in [0.5, 0.6) is 0 Å². The molecule has 0 fully saturated rings. The quantitative estimate of drug-likeness (QED) is 0.600. The Morgan fingerprint density at radius 3 is 3.00 bits per heavy atom. The number of rotatable bonds is 3. The van der Waals surface area contributed by atoms with Crippen LogP contribution >= 0.6 is 0 Å². The number of hydrogen-bond acceptors (Lipinski definition) is 2. The molecule has 11 heavy (non-hydrogen) atoms. The molecule has 0 saturated carbocycles. The first-order chi connectivity index (χ1) is 5.36. The zero-order valence-electron chi connectivity index (χ0n) is 6.75. The number of aliphatic hydroxyl groups excluding tert-OH is 1. The molecule has 1 rings (SSSR count). The highest BCUT2D eigenvalue weighted by molar-refractivity contribution is 6.50. The van der Waals surface area contributed by atoms with Crippen LogP contribution in [0.4, 0.5) is 0 Å². The lowest BCUT2D eigenvalue weighted by molar-refractivity contribution is 0.298. The number of nitrogens with zero attached hydrogens (tertiary/aromatic N) is 1. The zero-order chi connectivity index (χ0) is 8.10. The van der Waals surface area contributed by atoms with Crippen molar-refractivity contribution in [3.63, 3.8) is 0 Å². The summed E-state index contributed by atoms with van der Waals surface area (Å²) in [6.07, 6.45) is 0.661. The Labute approximate surface area is 67.5 Å².